The van der Waals surface area contributed by atoms with Crippen molar-refractivity contribution >= 4 is 17.7 Å². The third-order valence-corrected chi connectivity index (χ3v) is 6.63. The van der Waals surface area contributed by atoms with Gasteiger partial charge in [-0.2, -0.15) is 11.8 Å². The lowest BCUT2D eigenvalue weighted by molar-refractivity contribution is -0.137. The number of carbonyl (C=O) groups is 1. The molecule has 2 N–H and O–H groups in total. The molecule has 4 nitrogen and oxygen atoms in total. The molecule has 2 aliphatic heterocycles. The minimum absolute atomic E-state index is 0.263. The van der Waals surface area contributed by atoms with Crippen LogP contribution in [0.3, 0.4) is 0 Å². The summed E-state index contributed by atoms with van der Waals surface area (Å²) in [5.41, 5.74) is 0. The zero-order valence-electron chi connectivity index (χ0n) is 15.3. The maximum absolute atomic E-state index is 10.5. The summed E-state index contributed by atoms with van der Waals surface area (Å²) in [4.78, 5) is 10.5. The van der Waals surface area contributed by atoms with Crippen molar-refractivity contribution in [3.63, 3.8) is 0 Å². The summed E-state index contributed by atoms with van der Waals surface area (Å²) in [5.74, 6) is 3.06. The summed E-state index contributed by atoms with van der Waals surface area (Å²) in [6.07, 6.45) is 15.3. The van der Waals surface area contributed by atoms with Gasteiger partial charge in [-0.15, -0.1) is 0 Å². The molecule has 2 aliphatic rings. The first-order valence-corrected chi connectivity index (χ1v) is 11.1. The highest BCUT2D eigenvalue weighted by Gasteiger charge is 2.47. The van der Waals surface area contributed by atoms with Crippen molar-refractivity contribution in [2.45, 2.75) is 76.4 Å². The van der Waals surface area contributed by atoms with Gasteiger partial charge in [0.15, 0.2) is 0 Å². The molecule has 0 saturated carbocycles. The van der Waals surface area contributed by atoms with Crippen LogP contribution in [0, 0.1) is 11.8 Å². The second-order valence-corrected chi connectivity index (χ2v) is 8.47. The summed E-state index contributed by atoms with van der Waals surface area (Å²) in [6, 6.07) is 0. The minimum atomic E-state index is -0.705. The maximum Gasteiger partial charge on any atom is 0.303 e. The number of aliphatic hydroxyl groups excluding tert-OH is 1. The monoisotopic (exact) mass is 370 g/mol. The largest absolute Gasteiger partial charge is 0.481 e. The van der Waals surface area contributed by atoms with Crippen LogP contribution in [0.15, 0.2) is 12.2 Å². The van der Waals surface area contributed by atoms with E-state index in [-0.39, 0.29) is 6.42 Å². The van der Waals surface area contributed by atoms with E-state index in [1.54, 1.807) is 0 Å². The average molecular weight is 371 g/mol. The van der Waals surface area contributed by atoms with Crippen LogP contribution in [-0.2, 0) is 9.53 Å². The summed E-state index contributed by atoms with van der Waals surface area (Å²) < 4.78 is 6.16. The van der Waals surface area contributed by atoms with Crippen LogP contribution in [0.1, 0.15) is 64.2 Å². The van der Waals surface area contributed by atoms with E-state index >= 15 is 0 Å². The highest BCUT2D eigenvalue weighted by molar-refractivity contribution is 7.99. The lowest BCUT2D eigenvalue weighted by Crippen LogP contribution is -2.28. The molecule has 0 radical (unpaired) electrons. The van der Waals surface area contributed by atoms with Crippen LogP contribution < -0.4 is 0 Å². The first kappa shape index (κ1) is 20.8. The van der Waals surface area contributed by atoms with Crippen LogP contribution >= 0.6 is 11.8 Å². The highest BCUT2D eigenvalue weighted by atomic mass is 32.2. The highest BCUT2D eigenvalue weighted by Crippen LogP contribution is 2.46. The zero-order valence-corrected chi connectivity index (χ0v) is 16.1. The molecule has 0 unspecified atom stereocenters. The summed E-state index contributed by atoms with van der Waals surface area (Å²) in [5, 5.41) is 17.5. The van der Waals surface area contributed by atoms with Crippen LogP contribution in [0.25, 0.3) is 0 Å². The Morgan fingerprint density at radius 1 is 1.04 bits per heavy atom. The topological polar surface area (TPSA) is 66.8 Å². The standard InChI is InChI=1S/C20H34O4S/c21-13-7-3-4-8-14-25-15-17-16(18-11-12-19(17)24-18)9-5-1-2-6-10-20(22)23/h1,5,16-19,21H,2-4,6-15H2,(H,22,23)/b5-1-/t16-,17+,18-,19+/m1/s1. The summed E-state index contributed by atoms with van der Waals surface area (Å²) in [7, 11) is 0. The summed E-state index contributed by atoms with van der Waals surface area (Å²) in [6.45, 7) is 0.321. The van der Waals surface area contributed by atoms with Gasteiger partial charge < -0.3 is 14.9 Å². The maximum atomic E-state index is 10.5. The molecule has 2 fully saturated rings. The normalized spacial score (nSPS) is 28.2. The third kappa shape index (κ3) is 7.32. The Morgan fingerprint density at radius 2 is 1.80 bits per heavy atom. The SMILES string of the molecule is O=C(O)CCC/C=C\C[C@@H]1[C@H](CSCCCCCCO)[C@@H]2CC[C@H]1O2. The molecule has 2 saturated heterocycles. The number of fused-ring (bicyclic) bond motifs is 2. The second-order valence-electron chi connectivity index (χ2n) is 7.32. The van der Waals surface area contributed by atoms with Crippen molar-refractivity contribution < 1.29 is 19.7 Å². The number of allylic oxidation sites excluding steroid dienone is 2. The van der Waals surface area contributed by atoms with Gasteiger partial charge in [0, 0.05) is 13.0 Å². The molecule has 0 aromatic heterocycles. The van der Waals surface area contributed by atoms with Crippen molar-refractivity contribution in [1.82, 2.24) is 0 Å². The fourth-order valence-corrected chi connectivity index (χ4v) is 5.37. The Hall–Kier alpha value is -0.520. The number of aliphatic hydroxyl groups is 1. The molecule has 0 spiro atoms. The molecule has 5 heteroatoms. The number of thioether (sulfide) groups is 1. The number of aliphatic carboxylic acids is 1. The van der Waals surface area contributed by atoms with E-state index in [2.05, 4.69) is 23.9 Å². The summed E-state index contributed by atoms with van der Waals surface area (Å²) >= 11 is 2.07. The van der Waals surface area contributed by atoms with Gasteiger partial charge in [0.1, 0.15) is 0 Å². The van der Waals surface area contributed by atoms with Gasteiger partial charge in [-0.1, -0.05) is 25.0 Å². The fraction of sp³-hybridized carbons (Fsp3) is 0.850. The van der Waals surface area contributed by atoms with Gasteiger partial charge in [-0.25, -0.2) is 0 Å². The van der Waals surface area contributed by atoms with E-state index in [1.807, 2.05) is 0 Å². The zero-order chi connectivity index (χ0) is 17.9. The predicted octanol–water partition coefficient (Wildman–Crippen LogP) is 4.27. The van der Waals surface area contributed by atoms with Crippen molar-refractivity contribution in [2.24, 2.45) is 11.8 Å². The minimum Gasteiger partial charge on any atom is -0.481 e. The van der Waals surface area contributed by atoms with E-state index in [4.69, 9.17) is 14.9 Å². The molecule has 0 aromatic rings. The molecule has 0 aliphatic carbocycles. The van der Waals surface area contributed by atoms with Gasteiger partial charge in [0.2, 0.25) is 0 Å². The Bertz CT molecular complexity index is 413. The molecule has 144 valence electrons. The van der Waals surface area contributed by atoms with Gasteiger partial charge >= 0.3 is 5.97 Å². The van der Waals surface area contributed by atoms with Crippen LogP contribution in [0.4, 0.5) is 0 Å². The Balaban J connectivity index is 1.63. The first-order valence-electron chi connectivity index (χ1n) is 9.93. The predicted molar refractivity (Wildman–Crippen MR) is 103 cm³/mol. The van der Waals surface area contributed by atoms with E-state index < -0.39 is 5.97 Å². The number of ether oxygens (including phenoxy) is 1. The Kier molecular flexibility index (Phi) is 9.96. The first-order chi connectivity index (χ1) is 12.2. The lowest BCUT2D eigenvalue weighted by Gasteiger charge is -2.27. The molecular weight excluding hydrogens is 336 g/mol. The molecule has 4 atom stereocenters. The van der Waals surface area contributed by atoms with Crippen molar-refractivity contribution in [2.75, 3.05) is 18.1 Å². The average Bonchev–Trinajstić information content (AvgIpc) is 3.19. The van der Waals surface area contributed by atoms with E-state index in [9.17, 15) is 4.79 Å². The van der Waals surface area contributed by atoms with Crippen LogP contribution in [0.2, 0.25) is 0 Å². The molecule has 0 amide bonds. The quantitative estimate of drug-likeness (QED) is 0.353. The van der Waals surface area contributed by atoms with Gasteiger partial charge in [0.05, 0.1) is 12.2 Å². The molecule has 2 bridgehead atoms. The molecular formula is C20H34O4S. The number of carboxylic acids is 1. The second kappa shape index (κ2) is 12.0. The van der Waals surface area contributed by atoms with Crippen molar-refractivity contribution in [3.8, 4) is 0 Å². The molecule has 0 aromatic carbocycles. The van der Waals surface area contributed by atoms with E-state index in [0.717, 1.165) is 32.1 Å². The van der Waals surface area contributed by atoms with Crippen molar-refractivity contribution in [3.05, 3.63) is 12.2 Å². The van der Waals surface area contributed by atoms with Gasteiger partial charge in [0.25, 0.3) is 0 Å². The number of hydrogen-bond donors (Lipinski definition) is 2. The smallest absolute Gasteiger partial charge is 0.303 e. The Labute approximate surface area is 156 Å². The van der Waals surface area contributed by atoms with Gasteiger partial charge in [-0.05, 0) is 68.3 Å². The molecule has 25 heavy (non-hydrogen) atoms. The number of hydrogen-bond acceptors (Lipinski definition) is 4. The number of unbranched alkanes of at least 4 members (excludes halogenated alkanes) is 4. The molecule has 2 rings (SSSR count). The molecule has 2 heterocycles. The number of carboxylic acid groups (broad SMARTS) is 1. The lowest BCUT2D eigenvalue weighted by atomic mass is 9.78. The number of rotatable bonds is 14. The third-order valence-electron chi connectivity index (χ3n) is 5.43. The van der Waals surface area contributed by atoms with E-state index in [0.29, 0.717) is 30.7 Å². The van der Waals surface area contributed by atoms with Crippen molar-refractivity contribution in [1.29, 1.82) is 0 Å². The van der Waals surface area contributed by atoms with Gasteiger partial charge in [-0.3, -0.25) is 4.79 Å². The van der Waals surface area contributed by atoms with Crippen LogP contribution in [-0.4, -0.2) is 46.5 Å². The van der Waals surface area contributed by atoms with Crippen LogP contribution in [0.5, 0.6) is 0 Å². The fourth-order valence-electron chi connectivity index (χ4n) is 4.06. The van der Waals surface area contributed by atoms with E-state index in [1.165, 1.54) is 37.2 Å². The Morgan fingerprint density at radius 3 is 2.56 bits per heavy atom.